The Morgan fingerprint density at radius 2 is 2.21 bits per heavy atom. The zero-order chi connectivity index (χ0) is 14.4. The number of primary amides is 1. The maximum atomic E-state index is 13.3. The molecule has 19 heavy (non-hydrogen) atoms. The maximum absolute atomic E-state index is 13.3. The minimum Gasteiger partial charge on any atom is -0.389 e. The number of aliphatic hydroxyl groups is 1. The summed E-state index contributed by atoms with van der Waals surface area (Å²) in [4.78, 5) is 12.9. The lowest BCUT2D eigenvalue weighted by Crippen LogP contribution is -2.35. The van der Waals surface area contributed by atoms with Gasteiger partial charge < -0.3 is 15.7 Å². The number of unbranched alkanes of at least 4 members (excludes halogenated alkanes) is 1. The van der Waals surface area contributed by atoms with Crippen molar-refractivity contribution in [2.45, 2.75) is 32.8 Å². The second-order valence-corrected chi connectivity index (χ2v) is 4.62. The fourth-order valence-electron chi connectivity index (χ4n) is 1.97. The predicted octanol–water partition coefficient (Wildman–Crippen LogP) is 1.97. The highest BCUT2D eigenvalue weighted by molar-refractivity contribution is 5.80. The van der Waals surface area contributed by atoms with Gasteiger partial charge in [-0.2, -0.15) is 0 Å². The summed E-state index contributed by atoms with van der Waals surface area (Å²) in [6.45, 7) is 4.32. The molecule has 1 aromatic rings. The van der Waals surface area contributed by atoms with Crippen LogP contribution in [0.15, 0.2) is 18.2 Å². The Bertz CT molecular complexity index is 435. The van der Waals surface area contributed by atoms with Crippen LogP contribution in [0.1, 0.15) is 38.4 Å². The number of rotatable bonds is 7. The number of nitrogens with zero attached hydrogens (tertiary/aromatic N) is 1. The van der Waals surface area contributed by atoms with Crippen molar-refractivity contribution in [2.75, 3.05) is 18.0 Å². The van der Waals surface area contributed by atoms with Gasteiger partial charge in [0.05, 0.1) is 12.6 Å². The molecule has 0 aliphatic heterocycles. The van der Waals surface area contributed by atoms with Gasteiger partial charge >= 0.3 is 0 Å². The molecular weight excluding hydrogens is 247 g/mol. The minimum absolute atomic E-state index is 0.0609. The molecule has 0 bridgehead atoms. The number of amides is 1. The molecule has 0 heterocycles. The summed E-state index contributed by atoms with van der Waals surface area (Å²) in [5.74, 6) is -0.855. The van der Waals surface area contributed by atoms with E-state index in [1.54, 1.807) is 17.9 Å². The van der Waals surface area contributed by atoms with Gasteiger partial charge in [0.2, 0.25) is 5.91 Å². The lowest BCUT2D eigenvalue weighted by atomic mass is 10.1. The number of aliphatic hydroxyl groups excluding tert-OH is 1. The standard InChI is InChI=1S/C14H21FN2O2/c1-3-4-7-17(9-14(16)19)13-6-5-11(15)8-12(13)10(2)18/h5-6,8,10,18H,3-4,7,9H2,1-2H3,(H2,16,19). The van der Waals surface area contributed by atoms with Gasteiger partial charge in [0.15, 0.2) is 0 Å². The molecule has 1 atom stereocenters. The summed E-state index contributed by atoms with van der Waals surface area (Å²) in [7, 11) is 0. The number of anilines is 1. The smallest absolute Gasteiger partial charge is 0.236 e. The average molecular weight is 268 g/mol. The molecule has 0 aromatic heterocycles. The Kier molecular flexibility index (Phi) is 5.76. The van der Waals surface area contributed by atoms with Crippen LogP contribution in [0.2, 0.25) is 0 Å². The zero-order valence-corrected chi connectivity index (χ0v) is 11.4. The predicted molar refractivity (Wildman–Crippen MR) is 73.3 cm³/mol. The van der Waals surface area contributed by atoms with Crippen LogP contribution >= 0.6 is 0 Å². The highest BCUT2D eigenvalue weighted by Crippen LogP contribution is 2.27. The number of carbonyl (C=O) groups excluding carboxylic acids is 1. The molecule has 0 spiro atoms. The van der Waals surface area contributed by atoms with E-state index in [0.717, 1.165) is 12.8 Å². The molecule has 0 radical (unpaired) electrons. The molecule has 5 heteroatoms. The monoisotopic (exact) mass is 268 g/mol. The third kappa shape index (κ3) is 4.52. The van der Waals surface area contributed by atoms with E-state index in [9.17, 15) is 14.3 Å². The quantitative estimate of drug-likeness (QED) is 0.794. The van der Waals surface area contributed by atoms with Gasteiger partial charge in [-0.3, -0.25) is 4.79 Å². The first kappa shape index (κ1) is 15.4. The lowest BCUT2D eigenvalue weighted by Gasteiger charge is -2.26. The average Bonchev–Trinajstić information content (AvgIpc) is 2.34. The molecule has 3 N–H and O–H groups in total. The van der Waals surface area contributed by atoms with Gasteiger partial charge in [-0.05, 0) is 31.5 Å². The first-order valence-corrected chi connectivity index (χ1v) is 6.46. The first-order chi connectivity index (χ1) is 8.95. The molecule has 1 unspecified atom stereocenters. The molecule has 4 nitrogen and oxygen atoms in total. The highest BCUT2D eigenvalue weighted by atomic mass is 19.1. The van der Waals surface area contributed by atoms with Crippen LogP contribution in [-0.4, -0.2) is 24.1 Å². The summed E-state index contributed by atoms with van der Waals surface area (Å²) in [5, 5.41) is 9.73. The summed E-state index contributed by atoms with van der Waals surface area (Å²) in [6.07, 6.45) is 1.06. The second kappa shape index (κ2) is 7.09. The molecule has 0 fully saturated rings. The number of hydrogen-bond acceptors (Lipinski definition) is 3. The zero-order valence-electron chi connectivity index (χ0n) is 11.4. The molecule has 0 aliphatic carbocycles. The van der Waals surface area contributed by atoms with Crippen LogP contribution in [0.3, 0.4) is 0 Å². The number of hydrogen-bond donors (Lipinski definition) is 2. The Balaban J connectivity index is 3.09. The Morgan fingerprint density at radius 3 is 2.74 bits per heavy atom. The van der Waals surface area contributed by atoms with Crippen LogP contribution in [0, 0.1) is 5.82 Å². The van der Waals surface area contributed by atoms with Crippen molar-refractivity contribution in [3.05, 3.63) is 29.6 Å². The minimum atomic E-state index is -0.803. The normalized spacial score (nSPS) is 12.2. The molecule has 0 aliphatic rings. The van der Waals surface area contributed by atoms with Crippen molar-refractivity contribution in [3.63, 3.8) is 0 Å². The fourth-order valence-corrected chi connectivity index (χ4v) is 1.97. The SMILES string of the molecule is CCCCN(CC(N)=O)c1ccc(F)cc1C(C)O. The second-order valence-electron chi connectivity index (χ2n) is 4.62. The fraction of sp³-hybridized carbons (Fsp3) is 0.500. The van der Waals surface area contributed by atoms with Crippen molar-refractivity contribution < 1.29 is 14.3 Å². The van der Waals surface area contributed by atoms with E-state index < -0.39 is 17.8 Å². The number of nitrogens with two attached hydrogens (primary N) is 1. The first-order valence-electron chi connectivity index (χ1n) is 6.46. The summed E-state index contributed by atoms with van der Waals surface area (Å²) < 4.78 is 13.3. The van der Waals surface area contributed by atoms with Crippen LogP contribution in [0.25, 0.3) is 0 Å². The van der Waals surface area contributed by atoms with Crippen LogP contribution < -0.4 is 10.6 Å². The van der Waals surface area contributed by atoms with E-state index in [-0.39, 0.29) is 6.54 Å². The third-order valence-corrected chi connectivity index (χ3v) is 2.91. The van der Waals surface area contributed by atoms with Gasteiger partial charge in [-0.25, -0.2) is 4.39 Å². The van der Waals surface area contributed by atoms with E-state index in [4.69, 9.17) is 5.73 Å². The largest absolute Gasteiger partial charge is 0.389 e. The summed E-state index contributed by atoms with van der Waals surface area (Å²) >= 11 is 0. The molecule has 106 valence electrons. The molecular formula is C14H21FN2O2. The highest BCUT2D eigenvalue weighted by Gasteiger charge is 2.16. The van der Waals surface area contributed by atoms with Gasteiger partial charge in [0, 0.05) is 17.8 Å². The van der Waals surface area contributed by atoms with E-state index in [1.165, 1.54) is 12.1 Å². The molecule has 1 amide bonds. The summed E-state index contributed by atoms with van der Waals surface area (Å²) in [6, 6.07) is 4.19. The molecule has 1 aromatic carbocycles. The van der Waals surface area contributed by atoms with Crippen LogP contribution in [0.5, 0.6) is 0 Å². The lowest BCUT2D eigenvalue weighted by molar-refractivity contribution is -0.116. The molecule has 1 rings (SSSR count). The Morgan fingerprint density at radius 1 is 1.53 bits per heavy atom. The van der Waals surface area contributed by atoms with E-state index >= 15 is 0 Å². The Hall–Kier alpha value is -1.62. The maximum Gasteiger partial charge on any atom is 0.236 e. The van der Waals surface area contributed by atoms with Crippen molar-refractivity contribution in [1.82, 2.24) is 0 Å². The van der Waals surface area contributed by atoms with Gasteiger partial charge in [0.25, 0.3) is 0 Å². The number of benzene rings is 1. The molecule has 0 saturated heterocycles. The van der Waals surface area contributed by atoms with Gasteiger partial charge in [-0.15, -0.1) is 0 Å². The van der Waals surface area contributed by atoms with Crippen LogP contribution in [-0.2, 0) is 4.79 Å². The third-order valence-electron chi connectivity index (χ3n) is 2.91. The Labute approximate surface area is 113 Å². The van der Waals surface area contributed by atoms with Crippen molar-refractivity contribution in [3.8, 4) is 0 Å². The van der Waals surface area contributed by atoms with Crippen LogP contribution in [0.4, 0.5) is 10.1 Å². The van der Waals surface area contributed by atoms with Gasteiger partial charge in [-0.1, -0.05) is 13.3 Å². The van der Waals surface area contributed by atoms with Crippen molar-refractivity contribution >= 4 is 11.6 Å². The number of carbonyl (C=O) groups is 1. The number of halogens is 1. The molecule has 0 saturated carbocycles. The van der Waals surface area contributed by atoms with Gasteiger partial charge in [0.1, 0.15) is 5.82 Å². The van der Waals surface area contributed by atoms with E-state index in [1.807, 2.05) is 6.92 Å². The van der Waals surface area contributed by atoms with Crippen molar-refractivity contribution in [1.29, 1.82) is 0 Å². The summed E-state index contributed by atoms with van der Waals surface area (Å²) in [5.41, 5.74) is 6.37. The topological polar surface area (TPSA) is 66.6 Å². The van der Waals surface area contributed by atoms with E-state index in [0.29, 0.717) is 17.8 Å². The van der Waals surface area contributed by atoms with Crippen molar-refractivity contribution in [2.24, 2.45) is 5.73 Å². The van der Waals surface area contributed by atoms with E-state index in [2.05, 4.69) is 0 Å².